The van der Waals surface area contributed by atoms with Gasteiger partial charge in [-0.2, -0.15) is 13.2 Å². The minimum Gasteiger partial charge on any atom is -0.361 e. The van der Waals surface area contributed by atoms with Gasteiger partial charge in [-0.15, -0.1) is 0 Å². The zero-order valence-electron chi connectivity index (χ0n) is 11.9. The van der Waals surface area contributed by atoms with Crippen molar-refractivity contribution in [2.45, 2.75) is 6.18 Å². The van der Waals surface area contributed by atoms with Gasteiger partial charge in [-0.05, 0) is 46.8 Å². The van der Waals surface area contributed by atoms with E-state index in [1.165, 1.54) is 12.1 Å². The molecule has 3 aromatic rings. The van der Waals surface area contributed by atoms with E-state index < -0.39 is 11.7 Å². The summed E-state index contributed by atoms with van der Waals surface area (Å²) in [5.41, 5.74) is 1.81. The minimum absolute atomic E-state index is 0.416. The maximum Gasteiger partial charge on any atom is 0.416 e. The topological polar surface area (TPSA) is 15.8 Å². The van der Waals surface area contributed by atoms with Crippen LogP contribution in [0.1, 0.15) is 18.1 Å². The van der Waals surface area contributed by atoms with Crippen molar-refractivity contribution in [3.05, 3.63) is 71.4 Å². The zero-order chi connectivity index (χ0) is 15.7. The first kappa shape index (κ1) is 12.3. The van der Waals surface area contributed by atoms with Gasteiger partial charge < -0.3 is 4.98 Å². The molecule has 0 aliphatic heterocycles. The van der Waals surface area contributed by atoms with Gasteiger partial charge in [0.15, 0.2) is 0 Å². The lowest BCUT2D eigenvalue weighted by atomic mass is 10.1. The van der Waals surface area contributed by atoms with Gasteiger partial charge in [0.05, 0.1) is 6.93 Å². The molecular formula is C17H12F3N. The monoisotopic (exact) mass is 288 g/mol. The molecule has 0 saturated heterocycles. The molecule has 0 fully saturated rings. The summed E-state index contributed by atoms with van der Waals surface area (Å²) in [5, 5.41) is 0.814. The Morgan fingerprint density at radius 3 is 2.33 bits per heavy atom. The Hall–Kier alpha value is -2.49. The van der Waals surface area contributed by atoms with E-state index in [0.29, 0.717) is 11.6 Å². The summed E-state index contributed by atoms with van der Waals surface area (Å²) in [6.07, 6.45) is 0.867. The summed E-state index contributed by atoms with van der Waals surface area (Å²) in [5.74, 6) is 0. The van der Waals surface area contributed by atoms with E-state index in [4.69, 9.17) is 1.37 Å². The van der Waals surface area contributed by atoms with E-state index in [2.05, 4.69) is 4.98 Å². The fourth-order valence-electron chi connectivity index (χ4n) is 2.08. The molecule has 1 heterocycles. The van der Waals surface area contributed by atoms with Gasteiger partial charge in [-0.3, -0.25) is 0 Å². The third-order valence-corrected chi connectivity index (χ3v) is 3.21. The average molecular weight is 288 g/mol. The first-order valence-electron chi connectivity index (χ1n) is 6.86. The highest BCUT2D eigenvalue weighted by Gasteiger charge is 2.29. The van der Waals surface area contributed by atoms with Crippen LogP contribution in [0.5, 0.6) is 0 Å². The molecule has 0 spiro atoms. The van der Waals surface area contributed by atoms with E-state index in [1.54, 1.807) is 12.3 Å². The van der Waals surface area contributed by atoms with Gasteiger partial charge >= 0.3 is 6.18 Å². The van der Waals surface area contributed by atoms with Crippen LogP contribution in [0.15, 0.2) is 54.7 Å². The maximum absolute atomic E-state index is 12.5. The number of benzene rings is 2. The van der Waals surface area contributed by atoms with Gasteiger partial charge in [-0.1, -0.05) is 30.4 Å². The van der Waals surface area contributed by atoms with Crippen molar-refractivity contribution >= 4 is 23.1 Å². The first-order chi connectivity index (χ1) is 10.4. The van der Waals surface area contributed by atoms with Crippen LogP contribution in [0, 0.1) is 0 Å². The largest absolute Gasteiger partial charge is 0.416 e. The SMILES string of the molecule is [2H]c1c[nH]c2ccc(C=Cc3ccc(C(F)(F)F)cc3)cc12. The Labute approximate surface area is 121 Å². The van der Waals surface area contributed by atoms with Crippen molar-refractivity contribution in [1.29, 1.82) is 0 Å². The molecule has 21 heavy (non-hydrogen) atoms. The molecule has 106 valence electrons. The van der Waals surface area contributed by atoms with Crippen LogP contribution in [0.2, 0.25) is 0 Å². The van der Waals surface area contributed by atoms with Crippen molar-refractivity contribution in [2.24, 2.45) is 0 Å². The van der Waals surface area contributed by atoms with E-state index in [-0.39, 0.29) is 0 Å². The van der Waals surface area contributed by atoms with E-state index >= 15 is 0 Å². The fraction of sp³-hybridized carbons (Fsp3) is 0.0588. The van der Waals surface area contributed by atoms with E-state index in [1.807, 2.05) is 24.3 Å². The zero-order valence-corrected chi connectivity index (χ0v) is 10.9. The molecule has 3 rings (SSSR count). The predicted octanol–water partition coefficient (Wildman–Crippen LogP) is 5.36. The number of hydrogen-bond acceptors (Lipinski definition) is 0. The van der Waals surface area contributed by atoms with Crippen LogP contribution in [-0.4, -0.2) is 4.98 Å². The molecule has 0 radical (unpaired) electrons. The second kappa shape index (κ2) is 5.13. The molecule has 0 amide bonds. The van der Waals surface area contributed by atoms with Gasteiger partial charge in [0.25, 0.3) is 0 Å². The average Bonchev–Trinajstić information content (AvgIpc) is 2.86. The Morgan fingerprint density at radius 2 is 1.62 bits per heavy atom. The molecule has 0 bridgehead atoms. The molecule has 1 nitrogen and oxygen atoms in total. The van der Waals surface area contributed by atoms with Crippen molar-refractivity contribution < 1.29 is 14.5 Å². The van der Waals surface area contributed by atoms with Gasteiger partial charge in [0.2, 0.25) is 0 Å². The number of rotatable bonds is 2. The molecule has 4 heteroatoms. The number of fused-ring (bicyclic) bond motifs is 1. The van der Waals surface area contributed by atoms with E-state index in [9.17, 15) is 13.2 Å². The highest BCUT2D eigenvalue weighted by molar-refractivity contribution is 5.83. The van der Waals surface area contributed by atoms with Gasteiger partial charge in [-0.25, -0.2) is 0 Å². The lowest BCUT2D eigenvalue weighted by Gasteiger charge is -2.05. The Bertz CT molecular complexity index is 829. The van der Waals surface area contributed by atoms with Crippen LogP contribution in [0.25, 0.3) is 23.1 Å². The second-order valence-corrected chi connectivity index (χ2v) is 4.69. The highest BCUT2D eigenvalue weighted by Crippen LogP contribution is 2.29. The standard InChI is InChI=1S/C17H12F3N/c18-17(19,20)15-6-3-12(4-7-15)1-2-13-5-8-16-14(11-13)9-10-21-16/h1-11,21H/i9D. The number of aromatic amines is 1. The van der Waals surface area contributed by atoms with Crippen molar-refractivity contribution in [2.75, 3.05) is 0 Å². The molecule has 1 aromatic heterocycles. The quantitative estimate of drug-likeness (QED) is 0.611. The third kappa shape index (κ3) is 2.99. The van der Waals surface area contributed by atoms with Crippen LogP contribution < -0.4 is 0 Å². The number of nitrogens with one attached hydrogen (secondary N) is 1. The lowest BCUT2D eigenvalue weighted by molar-refractivity contribution is -0.137. The summed E-state index contributed by atoms with van der Waals surface area (Å²) in [6, 6.07) is 11.1. The molecule has 0 unspecified atom stereocenters. The predicted molar refractivity (Wildman–Crippen MR) is 78.7 cm³/mol. The van der Waals surface area contributed by atoms with Crippen LogP contribution in [0.3, 0.4) is 0 Å². The summed E-state index contributed by atoms with van der Waals surface area (Å²) in [4.78, 5) is 2.99. The van der Waals surface area contributed by atoms with E-state index in [0.717, 1.165) is 28.6 Å². The van der Waals surface area contributed by atoms with Crippen molar-refractivity contribution in [1.82, 2.24) is 4.98 Å². The molecular weight excluding hydrogens is 275 g/mol. The summed E-state index contributed by atoms with van der Waals surface area (Å²) in [6.45, 7) is 0. The van der Waals surface area contributed by atoms with Crippen molar-refractivity contribution in [3.63, 3.8) is 0 Å². The Morgan fingerprint density at radius 1 is 0.952 bits per heavy atom. The normalized spacial score (nSPS) is 13.0. The lowest BCUT2D eigenvalue weighted by Crippen LogP contribution is -2.03. The first-order valence-corrected chi connectivity index (χ1v) is 6.36. The van der Waals surface area contributed by atoms with Crippen LogP contribution >= 0.6 is 0 Å². The Kier molecular flexibility index (Phi) is 2.99. The van der Waals surface area contributed by atoms with Crippen LogP contribution in [-0.2, 0) is 6.18 Å². The maximum atomic E-state index is 12.5. The number of H-pyrrole nitrogens is 1. The third-order valence-electron chi connectivity index (χ3n) is 3.21. The van der Waals surface area contributed by atoms with Crippen LogP contribution in [0.4, 0.5) is 13.2 Å². The second-order valence-electron chi connectivity index (χ2n) is 4.69. The molecule has 0 atom stereocenters. The summed E-state index contributed by atoms with van der Waals surface area (Å²) < 4.78 is 45.2. The van der Waals surface area contributed by atoms with Gasteiger partial charge in [0, 0.05) is 11.7 Å². The molecule has 0 saturated carbocycles. The number of alkyl halides is 3. The smallest absolute Gasteiger partial charge is 0.361 e. The summed E-state index contributed by atoms with van der Waals surface area (Å²) in [7, 11) is 0. The minimum atomic E-state index is -4.31. The molecule has 1 N–H and O–H groups in total. The molecule has 2 aromatic carbocycles. The van der Waals surface area contributed by atoms with Gasteiger partial charge in [0.1, 0.15) is 0 Å². The Balaban J connectivity index is 1.84. The fourth-order valence-corrected chi connectivity index (χ4v) is 2.08. The molecule has 0 aliphatic carbocycles. The molecule has 0 aliphatic rings. The number of aromatic nitrogens is 1. The summed E-state index contributed by atoms with van der Waals surface area (Å²) >= 11 is 0. The van der Waals surface area contributed by atoms with Crippen molar-refractivity contribution in [3.8, 4) is 0 Å². The number of halogens is 3. The highest BCUT2D eigenvalue weighted by atomic mass is 19.4. The number of hydrogen-bond donors (Lipinski definition) is 1.